The number of amides is 1. The molecule has 0 radical (unpaired) electrons. The molecule has 0 saturated carbocycles. The van der Waals surface area contributed by atoms with Crippen LogP contribution in [0.3, 0.4) is 0 Å². The quantitative estimate of drug-likeness (QED) is 0.455. The molecule has 1 atom stereocenters. The van der Waals surface area contributed by atoms with Crippen molar-refractivity contribution in [3.05, 3.63) is 102 Å². The summed E-state index contributed by atoms with van der Waals surface area (Å²) in [6.45, 7) is 4.16. The third kappa shape index (κ3) is 4.04. The lowest BCUT2D eigenvalue weighted by Crippen LogP contribution is -2.28. The topological polar surface area (TPSA) is 42.0 Å². The molecule has 0 bridgehead atoms. The second-order valence-corrected chi connectivity index (χ2v) is 7.28. The molecule has 0 aliphatic rings. The van der Waals surface area contributed by atoms with Crippen LogP contribution in [0.1, 0.15) is 40.9 Å². The molecule has 1 unspecified atom stereocenters. The zero-order valence-corrected chi connectivity index (χ0v) is 16.7. The number of pyridine rings is 1. The van der Waals surface area contributed by atoms with E-state index in [1.807, 2.05) is 60.7 Å². The maximum atomic E-state index is 13.3. The molecule has 0 fully saturated rings. The van der Waals surface area contributed by atoms with Crippen molar-refractivity contribution in [2.24, 2.45) is 0 Å². The Hall–Kier alpha value is -3.46. The number of benzene rings is 3. The largest absolute Gasteiger partial charge is 0.345 e. The van der Waals surface area contributed by atoms with Gasteiger partial charge in [-0.2, -0.15) is 0 Å². The average Bonchev–Trinajstić information content (AvgIpc) is 2.78. The molecule has 1 heterocycles. The van der Waals surface area contributed by atoms with Crippen LogP contribution in [0, 0.1) is 6.92 Å². The highest BCUT2D eigenvalue weighted by molar-refractivity contribution is 6.07. The van der Waals surface area contributed by atoms with Gasteiger partial charge in [0.2, 0.25) is 0 Å². The van der Waals surface area contributed by atoms with E-state index in [0.717, 1.165) is 34.1 Å². The average molecular weight is 380 g/mol. The van der Waals surface area contributed by atoms with Gasteiger partial charge in [-0.3, -0.25) is 4.79 Å². The number of fused-ring (bicyclic) bond motifs is 1. The van der Waals surface area contributed by atoms with Crippen molar-refractivity contribution in [3.8, 4) is 11.3 Å². The highest BCUT2D eigenvalue weighted by atomic mass is 16.1. The van der Waals surface area contributed by atoms with Gasteiger partial charge >= 0.3 is 0 Å². The number of aryl methyl sites for hydroxylation is 1. The van der Waals surface area contributed by atoms with E-state index in [2.05, 4.69) is 43.4 Å². The number of carbonyl (C=O) groups is 1. The van der Waals surface area contributed by atoms with Gasteiger partial charge in [0.05, 0.1) is 22.8 Å². The summed E-state index contributed by atoms with van der Waals surface area (Å²) < 4.78 is 0. The number of rotatable bonds is 5. The summed E-state index contributed by atoms with van der Waals surface area (Å²) >= 11 is 0. The highest BCUT2D eigenvalue weighted by Gasteiger charge is 2.18. The molecular weight excluding hydrogens is 356 g/mol. The summed E-state index contributed by atoms with van der Waals surface area (Å²) in [6, 6.07) is 28.0. The molecule has 0 saturated heterocycles. The molecule has 4 rings (SSSR count). The fourth-order valence-corrected chi connectivity index (χ4v) is 3.58. The summed E-state index contributed by atoms with van der Waals surface area (Å²) in [5.74, 6) is -0.0757. The zero-order valence-electron chi connectivity index (χ0n) is 16.7. The SMILES string of the molecule is CCC(NC(=O)c1cc(-c2ccccc2)nc2ccccc12)c1ccc(C)cc1. The molecule has 29 heavy (non-hydrogen) atoms. The fourth-order valence-electron chi connectivity index (χ4n) is 3.58. The van der Waals surface area contributed by atoms with E-state index in [4.69, 9.17) is 4.98 Å². The van der Waals surface area contributed by atoms with Gasteiger partial charge in [-0.25, -0.2) is 4.98 Å². The molecule has 0 spiro atoms. The smallest absolute Gasteiger partial charge is 0.252 e. The first-order valence-corrected chi connectivity index (χ1v) is 9.98. The lowest BCUT2D eigenvalue weighted by atomic mass is 10.0. The standard InChI is InChI=1S/C26H24N2O/c1-3-23(20-15-13-18(2)14-16-20)28-26(29)22-17-25(19-9-5-4-6-10-19)27-24-12-8-7-11-21(22)24/h4-17,23H,3H2,1-2H3,(H,28,29). The predicted molar refractivity (Wildman–Crippen MR) is 119 cm³/mol. The summed E-state index contributed by atoms with van der Waals surface area (Å²) in [5, 5.41) is 4.09. The monoisotopic (exact) mass is 380 g/mol. The fraction of sp³-hybridized carbons (Fsp3) is 0.154. The molecule has 4 aromatic rings. The summed E-state index contributed by atoms with van der Waals surface area (Å²) in [5.41, 5.74) is 5.61. The number of para-hydroxylation sites is 1. The summed E-state index contributed by atoms with van der Waals surface area (Å²) in [7, 11) is 0. The Morgan fingerprint density at radius 2 is 1.62 bits per heavy atom. The van der Waals surface area contributed by atoms with Gasteiger partial charge in [-0.05, 0) is 31.0 Å². The van der Waals surface area contributed by atoms with Crippen LogP contribution < -0.4 is 5.32 Å². The highest BCUT2D eigenvalue weighted by Crippen LogP contribution is 2.26. The maximum Gasteiger partial charge on any atom is 0.252 e. The Bertz CT molecular complexity index is 1130. The van der Waals surface area contributed by atoms with E-state index in [9.17, 15) is 4.79 Å². The van der Waals surface area contributed by atoms with Crippen LogP contribution in [0.5, 0.6) is 0 Å². The van der Waals surface area contributed by atoms with E-state index in [1.165, 1.54) is 5.56 Å². The molecule has 3 heteroatoms. The second kappa shape index (κ2) is 8.27. The first kappa shape index (κ1) is 18.9. The van der Waals surface area contributed by atoms with Crippen molar-refractivity contribution in [2.75, 3.05) is 0 Å². The van der Waals surface area contributed by atoms with Gasteiger partial charge in [-0.15, -0.1) is 0 Å². The number of carbonyl (C=O) groups excluding carboxylic acids is 1. The molecule has 1 N–H and O–H groups in total. The maximum absolute atomic E-state index is 13.3. The number of nitrogens with one attached hydrogen (secondary N) is 1. The number of aromatic nitrogens is 1. The Labute approximate surface area is 171 Å². The first-order chi connectivity index (χ1) is 14.2. The van der Waals surface area contributed by atoms with Gasteiger partial charge in [0.25, 0.3) is 5.91 Å². The lowest BCUT2D eigenvalue weighted by Gasteiger charge is -2.19. The molecule has 1 amide bonds. The van der Waals surface area contributed by atoms with Crippen LogP contribution in [0.25, 0.3) is 22.2 Å². The molecule has 0 aliphatic carbocycles. The van der Waals surface area contributed by atoms with Crippen LogP contribution in [-0.2, 0) is 0 Å². The minimum atomic E-state index is -0.0757. The third-order valence-corrected chi connectivity index (χ3v) is 5.22. The van der Waals surface area contributed by atoms with Crippen LogP contribution >= 0.6 is 0 Å². The zero-order chi connectivity index (χ0) is 20.2. The van der Waals surface area contributed by atoms with Crippen LogP contribution in [0.4, 0.5) is 0 Å². The Morgan fingerprint density at radius 1 is 0.931 bits per heavy atom. The van der Waals surface area contributed by atoms with Crippen LogP contribution in [-0.4, -0.2) is 10.9 Å². The van der Waals surface area contributed by atoms with Crippen molar-refractivity contribution >= 4 is 16.8 Å². The van der Waals surface area contributed by atoms with Gasteiger partial charge in [0.15, 0.2) is 0 Å². The van der Waals surface area contributed by atoms with Gasteiger partial charge < -0.3 is 5.32 Å². The first-order valence-electron chi connectivity index (χ1n) is 9.98. The van der Waals surface area contributed by atoms with E-state index < -0.39 is 0 Å². The Morgan fingerprint density at radius 3 is 2.34 bits per heavy atom. The Balaban J connectivity index is 1.73. The summed E-state index contributed by atoms with van der Waals surface area (Å²) in [4.78, 5) is 18.1. The summed E-state index contributed by atoms with van der Waals surface area (Å²) in [6.07, 6.45) is 0.823. The van der Waals surface area contributed by atoms with E-state index in [-0.39, 0.29) is 11.9 Å². The van der Waals surface area contributed by atoms with Gasteiger partial charge in [0, 0.05) is 10.9 Å². The predicted octanol–water partition coefficient (Wildman–Crippen LogP) is 6.09. The van der Waals surface area contributed by atoms with E-state index in [0.29, 0.717) is 5.56 Å². The minimum absolute atomic E-state index is 0.0322. The number of hydrogen-bond donors (Lipinski definition) is 1. The van der Waals surface area contributed by atoms with Crippen molar-refractivity contribution in [3.63, 3.8) is 0 Å². The van der Waals surface area contributed by atoms with Crippen molar-refractivity contribution in [1.82, 2.24) is 10.3 Å². The number of hydrogen-bond acceptors (Lipinski definition) is 2. The minimum Gasteiger partial charge on any atom is -0.345 e. The normalized spacial score (nSPS) is 11.9. The van der Waals surface area contributed by atoms with Crippen LogP contribution in [0.2, 0.25) is 0 Å². The van der Waals surface area contributed by atoms with Crippen molar-refractivity contribution < 1.29 is 4.79 Å². The molecule has 3 nitrogen and oxygen atoms in total. The number of nitrogens with zero attached hydrogens (tertiary/aromatic N) is 1. The van der Waals surface area contributed by atoms with Gasteiger partial charge in [-0.1, -0.05) is 85.3 Å². The van der Waals surface area contributed by atoms with Gasteiger partial charge in [0.1, 0.15) is 0 Å². The molecular formula is C26H24N2O. The molecule has 144 valence electrons. The van der Waals surface area contributed by atoms with Crippen molar-refractivity contribution in [2.45, 2.75) is 26.3 Å². The van der Waals surface area contributed by atoms with E-state index in [1.54, 1.807) is 0 Å². The second-order valence-electron chi connectivity index (χ2n) is 7.28. The van der Waals surface area contributed by atoms with Crippen LogP contribution in [0.15, 0.2) is 84.9 Å². The van der Waals surface area contributed by atoms with E-state index >= 15 is 0 Å². The Kier molecular flexibility index (Phi) is 5.39. The third-order valence-electron chi connectivity index (χ3n) is 5.22. The molecule has 0 aliphatic heterocycles. The lowest BCUT2D eigenvalue weighted by molar-refractivity contribution is 0.0937. The molecule has 3 aromatic carbocycles. The molecule has 1 aromatic heterocycles. The van der Waals surface area contributed by atoms with Crippen molar-refractivity contribution in [1.29, 1.82) is 0 Å².